The molecule has 0 radical (unpaired) electrons. The highest BCUT2D eigenvalue weighted by atomic mass is 16.5. The molecule has 1 aromatic heterocycles. The van der Waals surface area contributed by atoms with Gasteiger partial charge in [-0.25, -0.2) is 0 Å². The van der Waals surface area contributed by atoms with Crippen molar-refractivity contribution in [3.8, 4) is 11.5 Å². The number of fused-ring (bicyclic) bond motifs is 3. The topological polar surface area (TPSA) is 54.5 Å². The van der Waals surface area contributed by atoms with Crippen molar-refractivity contribution in [2.45, 2.75) is 31.3 Å². The van der Waals surface area contributed by atoms with Crippen molar-refractivity contribution in [3.05, 3.63) is 90.3 Å². The molecule has 3 aromatic rings. The molecule has 5 heteroatoms. The van der Waals surface area contributed by atoms with E-state index in [-0.39, 0.29) is 11.9 Å². The van der Waals surface area contributed by atoms with E-state index in [0.717, 1.165) is 38.1 Å². The van der Waals surface area contributed by atoms with Gasteiger partial charge in [0, 0.05) is 30.0 Å². The maximum absolute atomic E-state index is 13.2. The molecule has 3 saturated heterocycles. The van der Waals surface area contributed by atoms with E-state index in [1.165, 1.54) is 5.56 Å². The molecule has 0 aliphatic carbocycles. The Balaban J connectivity index is 1.32. The zero-order valence-corrected chi connectivity index (χ0v) is 17.5. The molecular weight excluding hydrogens is 386 g/mol. The molecule has 2 atom stereocenters. The fourth-order valence-corrected chi connectivity index (χ4v) is 4.94. The van der Waals surface area contributed by atoms with Gasteiger partial charge in [0.1, 0.15) is 11.5 Å². The molecule has 158 valence electrons. The zero-order valence-electron chi connectivity index (χ0n) is 17.5. The molecule has 3 fully saturated rings. The number of pyridine rings is 1. The minimum absolute atomic E-state index is 0.0338. The predicted octanol–water partition coefficient (Wildman–Crippen LogP) is 4.31. The van der Waals surface area contributed by atoms with E-state index in [2.05, 4.69) is 21.3 Å². The maximum atomic E-state index is 13.2. The molecule has 4 heterocycles. The molecule has 0 unspecified atom stereocenters. The Labute approximate surface area is 183 Å². The van der Waals surface area contributed by atoms with Gasteiger partial charge in [0.2, 0.25) is 0 Å². The number of nitrogens with zero attached hydrogens (tertiary/aromatic N) is 2. The van der Waals surface area contributed by atoms with E-state index >= 15 is 0 Å². The second kappa shape index (κ2) is 8.90. The molecule has 5 nitrogen and oxygen atoms in total. The molecule has 1 amide bonds. The Hall–Kier alpha value is -3.18. The van der Waals surface area contributed by atoms with Crippen LogP contribution in [0.5, 0.6) is 11.5 Å². The van der Waals surface area contributed by atoms with Crippen LogP contribution in [0.25, 0.3) is 0 Å². The number of ether oxygens (including phenoxy) is 1. The van der Waals surface area contributed by atoms with Crippen LogP contribution in [0.1, 0.15) is 28.8 Å². The SMILES string of the molecule is O=C(N[C@H]1C2CCN(CC2)[C@@H]1Cc1cccnc1)c1cccc(Oc2ccccc2)c1. The average Bonchev–Trinajstić information content (AvgIpc) is 2.83. The first-order valence-corrected chi connectivity index (χ1v) is 11.0. The van der Waals surface area contributed by atoms with Crippen LogP contribution in [0.15, 0.2) is 79.1 Å². The van der Waals surface area contributed by atoms with Crippen molar-refractivity contribution >= 4 is 5.91 Å². The van der Waals surface area contributed by atoms with E-state index in [1.807, 2.05) is 66.9 Å². The van der Waals surface area contributed by atoms with Gasteiger partial charge in [0.25, 0.3) is 5.91 Å². The highest BCUT2D eigenvalue weighted by molar-refractivity contribution is 5.94. The van der Waals surface area contributed by atoms with Gasteiger partial charge < -0.3 is 10.1 Å². The standard InChI is InChI=1S/C26H27N3O2/c30-26(21-7-4-10-23(17-21)31-22-8-2-1-3-9-22)28-25-20-11-14-29(15-12-20)24(25)16-19-6-5-13-27-18-19/h1-10,13,17-18,20,24-25H,11-12,14-16H2,(H,28,30)/t24-,25+/m1/s1. The summed E-state index contributed by atoms with van der Waals surface area (Å²) in [6.07, 6.45) is 6.94. The number of aromatic nitrogens is 1. The highest BCUT2D eigenvalue weighted by Crippen LogP contribution is 2.34. The van der Waals surface area contributed by atoms with Gasteiger partial charge >= 0.3 is 0 Å². The minimum Gasteiger partial charge on any atom is -0.457 e. The van der Waals surface area contributed by atoms with Crippen LogP contribution < -0.4 is 10.1 Å². The van der Waals surface area contributed by atoms with E-state index in [1.54, 1.807) is 6.20 Å². The molecule has 0 spiro atoms. The molecular formula is C26H27N3O2. The van der Waals surface area contributed by atoms with Gasteiger partial charge in [0.05, 0.1) is 0 Å². The fraction of sp³-hybridized carbons (Fsp3) is 0.308. The van der Waals surface area contributed by atoms with Crippen LogP contribution in [0.4, 0.5) is 0 Å². The third-order valence-electron chi connectivity index (χ3n) is 6.51. The lowest BCUT2D eigenvalue weighted by molar-refractivity contribution is 0.0136. The van der Waals surface area contributed by atoms with Crippen molar-refractivity contribution in [2.75, 3.05) is 13.1 Å². The van der Waals surface area contributed by atoms with Crippen LogP contribution >= 0.6 is 0 Å². The number of piperidine rings is 3. The Morgan fingerprint density at radius 2 is 1.81 bits per heavy atom. The van der Waals surface area contributed by atoms with Crippen LogP contribution in [-0.2, 0) is 6.42 Å². The van der Waals surface area contributed by atoms with Crippen molar-refractivity contribution in [1.82, 2.24) is 15.2 Å². The summed E-state index contributed by atoms with van der Waals surface area (Å²) in [5, 5.41) is 3.37. The quantitative estimate of drug-likeness (QED) is 0.654. The molecule has 3 aliphatic heterocycles. The van der Waals surface area contributed by atoms with Crippen LogP contribution in [-0.4, -0.2) is 41.0 Å². The van der Waals surface area contributed by atoms with Crippen LogP contribution in [0.3, 0.4) is 0 Å². The number of para-hydroxylation sites is 1. The van der Waals surface area contributed by atoms with Gasteiger partial charge in [-0.3, -0.25) is 14.7 Å². The average molecular weight is 414 g/mol. The lowest BCUT2D eigenvalue weighted by Gasteiger charge is -2.51. The van der Waals surface area contributed by atoms with E-state index in [4.69, 9.17) is 4.74 Å². The minimum atomic E-state index is -0.0338. The Bertz CT molecular complexity index is 1020. The molecule has 6 rings (SSSR count). The Morgan fingerprint density at radius 3 is 2.58 bits per heavy atom. The van der Waals surface area contributed by atoms with Crippen LogP contribution in [0, 0.1) is 5.92 Å². The molecule has 2 bridgehead atoms. The van der Waals surface area contributed by atoms with Crippen molar-refractivity contribution in [3.63, 3.8) is 0 Å². The summed E-state index contributed by atoms with van der Waals surface area (Å²) >= 11 is 0. The van der Waals surface area contributed by atoms with Gasteiger partial charge in [-0.2, -0.15) is 0 Å². The number of carbonyl (C=O) groups excluding carboxylic acids is 1. The summed E-state index contributed by atoms with van der Waals surface area (Å²) in [4.78, 5) is 20.0. The lowest BCUT2D eigenvalue weighted by atomic mass is 9.76. The molecule has 0 saturated carbocycles. The Morgan fingerprint density at radius 1 is 1.00 bits per heavy atom. The van der Waals surface area contributed by atoms with Gasteiger partial charge in [-0.05, 0) is 80.2 Å². The summed E-state index contributed by atoms with van der Waals surface area (Å²) in [7, 11) is 0. The monoisotopic (exact) mass is 413 g/mol. The summed E-state index contributed by atoms with van der Waals surface area (Å²) in [6.45, 7) is 2.23. The van der Waals surface area contributed by atoms with E-state index in [0.29, 0.717) is 23.3 Å². The number of hydrogen-bond acceptors (Lipinski definition) is 4. The van der Waals surface area contributed by atoms with Gasteiger partial charge in [0.15, 0.2) is 0 Å². The van der Waals surface area contributed by atoms with Crippen molar-refractivity contribution < 1.29 is 9.53 Å². The van der Waals surface area contributed by atoms with Crippen molar-refractivity contribution in [1.29, 1.82) is 0 Å². The number of rotatable bonds is 6. The lowest BCUT2D eigenvalue weighted by Crippen LogP contribution is -2.64. The molecule has 2 aromatic carbocycles. The second-order valence-corrected chi connectivity index (χ2v) is 8.45. The molecule has 3 aliphatic rings. The highest BCUT2D eigenvalue weighted by Gasteiger charge is 2.42. The van der Waals surface area contributed by atoms with Gasteiger partial charge in [-0.15, -0.1) is 0 Å². The summed E-state index contributed by atoms with van der Waals surface area (Å²) < 4.78 is 5.91. The number of hydrogen-bond donors (Lipinski definition) is 1. The first kappa shape index (κ1) is 19.8. The zero-order chi connectivity index (χ0) is 21.0. The summed E-state index contributed by atoms with van der Waals surface area (Å²) in [6, 6.07) is 21.6. The third-order valence-corrected chi connectivity index (χ3v) is 6.51. The largest absolute Gasteiger partial charge is 0.457 e. The maximum Gasteiger partial charge on any atom is 0.251 e. The van der Waals surface area contributed by atoms with Crippen LogP contribution in [0.2, 0.25) is 0 Å². The Kier molecular flexibility index (Phi) is 5.67. The molecule has 1 N–H and O–H groups in total. The summed E-state index contributed by atoms with van der Waals surface area (Å²) in [5.41, 5.74) is 1.85. The number of amides is 1. The van der Waals surface area contributed by atoms with E-state index in [9.17, 15) is 4.79 Å². The molecule has 31 heavy (non-hydrogen) atoms. The third kappa shape index (κ3) is 4.47. The number of nitrogens with one attached hydrogen (secondary N) is 1. The second-order valence-electron chi connectivity index (χ2n) is 8.45. The predicted molar refractivity (Wildman–Crippen MR) is 120 cm³/mol. The number of carbonyl (C=O) groups is 1. The van der Waals surface area contributed by atoms with E-state index < -0.39 is 0 Å². The smallest absolute Gasteiger partial charge is 0.251 e. The summed E-state index contributed by atoms with van der Waals surface area (Å²) in [5.74, 6) is 1.92. The first-order valence-electron chi connectivity index (χ1n) is 11.0. The normalized spacial score (nSPS) is 24.5. The number of benzene rings is 2. The first-order chi connectivity index (χ1) is 15.3. The van der Waals surface area contributed by atoms with Crippen molar-refractivity contribution in [2.24, 2.45) is 5.92 Å². The fourth-order valence-electron chi connectivity index (χ4n) is 4.94. The van der Waals surface area contributed by atoms with Gasteiger partial charge in [-0.1, -0.05) is 30.3 Å².